The quantitative estimate of drug-likeness (QED) is 0.846. The van der Waals surface area contributed by atoms with Gasteiger partial charge < -0.3 is 10.6 Å². The lowest BCUT2D eigenvalue weighted by atomic mass is 10.1. The van der Waals surface area contributed by atoms with Gasteiger partial charge in [-0.3, -0.25) is 14.5 Å². The van der Waals surface area contributed by atoms with E-state index in [1.807, 2.05) is 11.9 Å². The second-order valence-electron chi connectivity index (χ2n) is 5.04. The van der Waals surface area contributed by atoms with Crippen molar-refractivity contribution in [2.24, 2.45) is 5.73 Å². The Morgan fingerprint density at radius 3 is 2.55 bits per heavy atom. The van der Waals surface area contributed by atoms with Crippen molar-refractivity contribution in [3.8, 4) is 0 Å². The van der Waals surface area contributed by atoms with Crippen molar-refractivity contribution in [1.82, 2.24) is 9.80 Å². The number of carbonyl (C=O) groups is 2. The Labute approximate surface area is 117 Å². The summed E-state index contributed by atoms with van der Waals surface area (Å²) in [5.41, 5.74) is 6.08. The number of amides is 2. The number of primary amides is 1. The highest BCUT2D eigenvalue weighted by Crippen LogP contribution is 2.11. The summed E-state index contributed by atoms with van der Waals surface area (Å²) >= 11 is 0. The van der Waals surface area contributed by atoms with Crippen LogP contribution in [-0.4, -0.2) is 54.3 Å². The molecule has 2 amide bonds. The molecule has 0 aromatic heterocycles. The van der Waals surface area contributed by atoms with Gasteiger partial charge in [0.1, 0.15) is 11.9 Å². The van der Waals surface area contributed by atoms with Gasteiger partial charge in [-0.05, 0) is 24.7 Å². The van der Waals surface area contributed by atoms with E-state index in [0.29, 0.717) is 19.6 Å². The average molecular weight is 279 g/mol. The predicted molar refractivity (Wildman–Crippen MR) is 72.3 cm³/mol. The minimum atomic E-state index is -0.444. The fraction of sp³-hybridized carbons (Fsp3) is 0.429. The number of nitrogens with two attached hydrogens (primary N) is 1. The second-order valence-corrected chi connectivity index (χ2v) is 5.04. The molecule has 1 atom stereocenters. The molecule has 0 aliphatic carbocycles. The second kappa shape index (κ2) is 6.00. The first-order chi connectivity index (χ1) is 9.47. The number of piperazine rings is 1. The van der Waals surface area contributed by atoms with Crippen LogP contribution in [0.15, 0.2) is 24.3 Å². The molecule has 1 aliphatic heterocycles. The third kappa shape index (κ3) is 3.33. The number of hydrogen-bond donors (Lipinski definition) is 1. The SMILES string of the molecule is CN1CCN(C(=O)Cc2ccc(F)cc2)C[C@H]1C(N)=O. The third-order valence-electron chi connectivity index (χ3n) is 3.60. The van der Waals surface area contributed by atoms with E-state index in [1.54, 1.807) is 17.0 Å². The average Bonchev–Trinajstić information content (AvgIpc) is 2.41. The molecule has 1 heterocycles. The Balaban J connectivity index is 1.99. The van der Waals surface area contributed by atoms with E-state index in [1.165, 1.54) is 12.1 Å². The van der Waals surface area contributed by atoms with Crippen LogP contribution in [0.3, 0.4) is 0 Å². The summed E-state index contributed by atoms with van der Waals surface area (Å²) in [6.45, 7) is 1.49. The molecule has 5 nitrogen and oxygen atoms in total. The maximum Gasteiger partial charge on any atom is 0.236 e. The molecule has 1 aliphatic rings. The minimum Gasteiger partial charge on any atom is -0.368 e. The fourth-order valence-corrected chi connectivity index (χ4v) is 2.30. The largest absolute Gasteiger partial charge is 0.368 e. The molecule has 1 fully saturated rings. The highest BCUT2D eigenvalue weighted by molar-refractivity contribution is 5.83. The van der Waals surface area contributed by atoms with E-state index < -0.39 is 11.9 Å². The number of halogens is 1. The van der Waals surface area contributed by atoms with Crippen molar-refractivity contribution in [1.29, 1.82) is 0 Å². The van der Waals surface area contributed by atoms with Crippen LogP contribution in [0.2, 0.25) is 0 Å². The normalized spacial score (nSPS) is 19.9. The number of carbonyl (C=O) groups excluding carboxylic acids is 2. The van der Waals surface area contributed by atoms with Crippen molar-refractivity contribution in [2.75, 3.05) is 26.7 Å². The summed E-state index contributed by atoms with van der Waals surface area (Å²) in [5.74, 6) is -0.822. The number of nitrogens with zero attached hydrogens (tertiary/aromatic N) is 2. The molecular formula is C14H18FN3O2. The van der Waals surface area contributed by atoms with E-state index in [0.717, 1.165) is 5.56 Å². The molecule has 0 spiro atoms. The monoisotopic (exact) mass is 279 g/mol. The molecule has 2 rings (SSSR count). The van der Waals surface area contributed by atoms with Crippen molar-refractivity contribution >= 4 is 11.8 Å². The number of rotatable bonds is 3. The van der Waals surface area contributed by atoms with Crippen LogP contribution >= 0.6 is 0 Å². The Kier molecular flexibility index (Phi) is 4.34. The highest BCUT2D eigenvalue weighted by atomic mass is 19.1. The molecular weight excluding hydrogens is 261 g/mol. The summed E-state index contributed by atoms with van der Waals surface area (Å²) in [4.78, 5) is 27.0. The number of likely N-dealkylation sites (N-methyl/N-ethyl adjacent to an activating group) is 1. The van der Waals surface area contributed by atoms with Crippen LogP contribution in [0, 0.1) is 5.82 Å². The van der Waals surface area contributed by atoms with Crippen LogP contribution in [-0.2, 0) is 16.0 Å². The maximum atomic E-state index is 12.8. The third-order valence-corrected chi connectivity index (χ3v) is 3.60. The van der Waals surface area contributed by atoms with Gasteiger partial charge in [0.2, 0.25) is 11.8 Å². The number of hydrogen-bond acceptors (Lipinski definition) is 3. The molecule has 1 saturated heterocycles. The zero-order chi connectivity index (χ0) is 14.7. The Morgan fingerprint density at radius 2 is 1.95 bits per heavy atom. The van der Waals surface area contributed by atoms with Crippen LogP contribution in [0.25, 0.3) is 0 Å². The number of benzene rings is 1. The Morgan fingerprint density at radius 1 is 1.30 bits per heavy atom. The van der Waals surface area contributed by atoms with Gasteiger partial charge in [0.25, 0.3) is 0 Å². The molecule has 6 heteroatoms. The van der Waals surface area contributed by atoms with Crippen molar-refractivity contribution in [3.63, 3.8) is 0 Å². The first-order valence-electron chi connectivity index (χ1n) is 6.49. The molecule has 1 aromatic rings. The smallest absolute Gasteiger partial charge is 0.236 e. The van der Waals surface area contributed by atoms with Crippen molar-refractivity contribution in [2.45, 2.75) is 12.5 Å². The van der Waals surface area contributed by atoms with Gasteiger partial charge in [0.15, 0.2) is 0 Å². The summed E-state index contributed by atoms with van der Waals surface area (Å²) in [6.07, 6.45) is 0.204. The van der Waals surface area contributed by atoms with E-state index in [-0.39, 0.29) is 18.1 Å². The van der Waals surface area contributed by atoms with Gasteiger partial charge in [-0.15, -0.1) is 0 Å². The van der Waals surface area contributed by atoms with Crippen LogP contribution < -0.4 is 5.73 Å². The highest BCUT2D eigenvalue weighted by Gasteiger charge is 2.30. The molecule has 0 radical (unpaired) electrons. The van der Waals surface area contributed by atoms with Gasteiger partial charge in [0.05, 0.1) is 6.42 Å². The molecule has 2 N–H and O–H groups in total. The lowest BCUT2D eigenvalue weighted by Crippen LogP contribution is -2.58. The van der Waals surface area contributed by atoms with Gasteiger partial charge in [-0.25, -0.2) is 4.39 Å². The van der Waals surface area contributed by atoms with Gasteiger partial charge in [-0.2, -0.15) is 0 Å². The summed E-state index contributed by atoms with van der Waals surface area (Å²) in [7, 11) is 1.82. The van der Waals surface area contributed by atoms with E-state index in [9.17, 15) is 14.0 Å². The van der Waals surface area contributed by atoms with Crippen LogP contribution in [0.5, 0.6) is 0 Å². The van der Waals surface area contributed by atoms with Crippen molar-refractivity contribution in [3.05, 3.63) is 35.6 Å². The van der Waals surface area contributed by atoms with Gasteiger partial charge >= 0.3 is 0 Å². The predicted octanol–water partition coefficient (Wildman–Crippen LogP) is -0.00390. The lowest BCUT2D eigenvalue weighted by Gasteiger charge is -2.37. The Hall–Kier alpha value is -1.95. The summed E-state index contributed by atoms with van der Waals surface area (Å²) in [6, 6.07) is 5.40. The van der Waals surface area contributed by atoms with E-state index >= 15 is 0 Å². The standard InChI is InChI=1S/C14H18FN3O2/c1-17-6-7-18(9-12(17)14(16)20)13(19)8-10-2-4-11(15)5-3-10/h2-5,12H,6-9H2,1H3,(H2,16,20)/t12-/m0/s1. The zero-order valence-electron chi connectivity index (χ0n) is 11.4. The zero-order valence-corrected chi connectivity index (χ0v) is 11.4. The summed E-state index contributed by atoms with van der Waals surface area (Å²) < 4.78 is 12.8. The molecule has 0 unspecified atom stereocenters. The molecule has 1 aromatic carbocycles. The maximum absolute atomic E-state index is 12.8. The van der Waals surface area contributed by atoms with E-state index in [2.05, 4.69) is 0 Å². The fourth-order valence-electron chi connectivity index (χ4n) is 2.30. The Bertz CT molecular complexity index is 504. The van der Waals surface area contributed by atoms with E-state index in [4.69, 9.17) is 5.73 Å². The summed E-state index contributed by atoms with van der Waals surface area (Å²) in [5, 5.41) is 0. The molecule has 0 bridgehead atoms. The van der Waals surface area contributed by atoms with Crippen LogP contribution in [0.1, 0.15) is 5.56 Å². The molecule has 108 valence electrons. The molecule has 20 heavy (non-hydrogen) atoms. The minimum absolute atomic E-state index is 0.0732. The van der Waals surface area contributed by atoms with Gasteiger partial charge in [0, 0.05) is 19.6 Å². The van der Waals surface area contributed by atoms with Crippen LogP contribution in [0.4, 0.5) is 4.39 Å². The first kappa shape index (κ1) is 14.5. The topological polar surface area (TPSA) is 66.6 Å². The van der Waals surface area contributed by atoms with Crippen molar-refractivity contribution < 1.29 is 14.0 Å². The first-order valence-corrected chi connectivity index (χ1v) is 6.49. The lowest BCUT2D eigenvalue weighted by molar-refractivity contribution is -0.135. The molecule has 0 saturated carbocycles. The van der Waals surface area contributed by atoms with Gasteiger partial charge in [-0.1, -0.05) is 12.1 Å².